The van der Waals surface area contributed by atoms with Crippen molar-refractivity contribution in [2.45, 2.75) is 51.6 Å². The number of aryl methyl sites for hydroxylation is 3. The highest BCUT2D eigenvalue weighted by Gasteiger charge is 2.24. The van der Waals surface area contributed by atoms with Crippen molar-refractivity contribution in [3.8, 4) is 10.7 Å². The minimum atomic E-state index is -3.76. The van der Waals surface area contributed by atoms with Crippen LogP contribution in [0.2, 0.25) is 0 Å². The number of thiazole rings is 1. The molecule has 0 atom stereocenters. The van der Waals surface area contributed by atoms with Crippen molar-refractivity contribution >= 4 is 27.3 Å². The summed E-state index contributed by atoms with van der Waals surface area (Å²) in [4.78, 5) is 19.3. The number of rotatable bonds is 7. The Kier molecular flexibility index (Phi) is 6.50. The van der Waals surface area contributed by atoms with Crippen molar-refractivity contribution in [2.75, 3.05) is 13.1 Å². The van der Waals surface area contributed by atoms with E-state index in [9.17, 15) is 13.2 Å². The third-order valence-electron chi connectivity index (χ3n) is 5.74. The average molecular weight is 473 g/mol. The van der Waals surface area contributed by atoms with Crippen LogP contribution in [0.15, 0.2) is 40.7 Å². The van der Waals surface area contributed by atoms with E-state index in [2.05, 4.69) is 9.71 Å². The summed E-state index contributed by atoms with van der Waals surface area (Å²) >= 11 is 1.44. The first kappa shape index (κ1) is 22.7. The van der Waals surface area contributed by atoms with Gasteiger partial charge in [0.1, 0.15) is 16.4 Å². The van der Waals surface area contributed by atoms with Crippen LogP contribution in [0, 0.1) is 20.8 Å². The highest BCUT2D eigenvalue weighted by molar-refractivity contribution is 7.89. The molecule has 1 amide bonds. The molecule has 4 rings (SSSR count). The van der Waals surface area contributed by atoms with Gasteiger partial charge in [-0.05, 0) is 50.8 Å². The quantitative estimate of drug-likeness (QED) is 0.569. The number of likely N-dealkylation sites (tertiary alicyclic amines) is 1. The molecule has 0 aliphatic carbocycles. The molecular weight excluding hydrogens is 444 g/mol. The number of aromatic nitrogens is 2. The van der Waals surface area contributed by atoms with Crippen molar-refractivity contribution in [1.29, 1.82) is 0 Å². The van der Waals surface area contributed by atoms with Gasteiger partial charge >= 0.3 is 0 Å². The molecule has 1 saturated heterocycles. The highest BCUT2D eigenvalue weighted by Crippen LogP contribution is 2.28. The summed E-state index contributed by atoms with van der Waals surface area (Å²) in [5.74, 6) is -0.0000734. The van der Waals surface area contributed by atoms with Gasteiger partial charge in [-0.3, -0.25) is 4.79 Å². The van der Waals surface area contributed by atoms with E-state index in [0.29, 0.717) is 10.7 Å². The molecule has 0 saturated carbocycles. The Balaban J connectivity index is 1.61. The molecule has 7 nitrogen and oxygen atoms in total. The van der Waals surface area contributed by atoms with E-state index < -0.39 is 10.0 Å². The Hall–Kier alpha value is -2.49. The predicted molar refractivity (Wildman–Crippen MR) is 126 cm³/mol. The summed E-state index contributed by atoms with van der Waals surface area (Å²) < 4.78 is 30.6. The summed E-state index contributed by atoms with van der Waals surface area (Å²) in [5.41, 5.74) is 4.56. The lowest BCUT2D eigenvalue weighted by Crippen LogP contribution is -2.31. The SMILES string of the molecule is Cc1ccc(C)c(CNS(=O)(=O)c2cc(-c3nc(C)cs3)n(CC(=O)N3CCCC3)c2)c1. The van der Waals surface area contributed by atoms with Gasteiger partial charge < -0.3 is 9.47 Å². The zero-order chi connectivity index (χ0) is 22.9. The molecule has 32 heavy (non-hydrogen) atoms. The van der Waals surface area contributed by atoms with Gasteiger partial charge in [0, 0.05) is 36.9 Å². The summed E-state index contributed by atoms with van der Waals surface area (Å²) in [6.45, 7) is 7.66. The van der Waals surface area contributed by atoms with Crippen LogP contribution >= 0.6 is 11.3 Å². The van der Waals surface area contributed by atoms with Crippen LogP contribution in [0.1, 0.15) is 35.2 Å². The minimum absolute atomic E-state index is 0.0000734. The van der Waals surface area contributed by atoms with E-state index in [1.807, 2.05) is 49.3 Å². The molecule has 9 heteroatoms. The van der Waals surface area contributed by atoms with E-state index in [-0.39, 0.29) is 23.9 Å². The van der Waals surface area contributed by atoms with Crippen LogP contribution in [0.4, 0.5) is 0 Å². The van der Waals surface area contributed by atoms with E-state index in [4.69, 9.17) is 0 Å². The molecule has 1 aromatic carbocycles. The lowest BCUT2D eigenvalue weighted by atomic mass is 10.1. The fraction of sp³-hybridized carbons (Fsp3) is 0.391. The number of benzene rings is 1. The maximum absolute atomic E-state index is 13.1. The van der Waals surface area contributed by atoms with Crippen LogP contribution in [0.25, 0.3) is 10.7 Å². The molecule has 0 radical (unpaired) electrons. The van der Waals surface area contributed by atoms with Crippen LogP contribution in [0.3, 0.4) is 0 Å². The molecule has 1 aliphatic rings. The fourth-order valence-electron chi connectivity index (χ4n) is 3.87. The van der Waals surface area contributed by atoms with Gasteiger partial charge in [0.2, 0.25) is 15.9 Å². The number of carbonyl (C=O) groups is 1. The van der Waals surface area contributed by atoms with Crippen molar-refractivity contribution < 1.29 is 13.2 Å². The van der Waals surface area contributed by atoms with E-state index in [1.165, 1.54) is 11.3 Å². The van der Waals surface area contributed by atoms with Gasteiger partial charge in [-0.2, -0.15) is 0 Å². The zero-order valence-corrected chi connectivity index (χ0v) is 20.2. The monoisotopic (exact) mass is 472 g/mol. The van der Waals surface area contributed by atoms with Gasteiger partial charge in [0.15, 0.2) is 0 Å². The number of hydrogen-bond acceptors (Lipinski definition) is 5. The molecule has 170 valence electrons. The third kappa shape index (κ3) is 4.95. The second kappa shape index (κ2) is 9.17. The predicted octanol–water partition coefficient (Wildman–Crippen LogP) is 3.64. The first-order valence-corrected chi connectivity index (χ1v) is 13.1. The smallest absolute Gasteiger partial charge is 0.242 e. The topological polar surface area (TPSA) is 84.3 Å². The number of amides is 1. The summed E-state index contributed by atoms with van der Waals surface area (Å²) in [7, 11) is -3.76. The minimum Gasteiger partial charge on any atom is -0.341 e. The van der Waals surface area contributed by atoms with Gasteiger partial charge in [0.25, 0.3) is 0 Å². The van der Waals surface area contributed by atoms with E-state index in [1.54, 1.807) is 16.8 Å². The maximum atomic E-state index is 13.1. The molecule has 3 aromatic rings. The lowest BCUT2D eigenvalue weighted by molar-refractivity contribution is -0.130. The van der Waals surface area contributed by atoms with Crippen LogP contribution in [0.5, 0.6) is 0 Å². The zero-order valence-electron chi connectivity index (χ0n) is 18.6. The normalized spacial score (nSPS) is 14.3. The summed E-state index contributed by atoms with van der Waals surface area (Å²) in [6, 6.07) is 7.60. The van der Waals surface area contributed by atoms with E-state index in [0.717, 1.165) is 48.3 Å². The number of sulfonamides is 1. The van der Waals surface area contributed by atoms with Crippen LogP contribution in [-0.2, 0) is 27.9 Å². The first-order chi connectivity index (χ1) is 15.2. The summed E-state index contributed by atoms with van der Waals surface area (Å²) in [5, 5.41) is 2.62. The molecule has 2 aromatic heterocycles. The number of hydrogen-bond donors (Lipinski definition) is 1. The molecule has 0 unspecified atom stereocenters. The van der Waals surface area contributed by atoms with Gasteiger partial charge in [-0.25, -0.2) is 18.1 Å². The fourth-order valence-corrected chi connectivity index (χ4v) is 5.74. The molecule has 3 heterocycles. The summed E-state index contributed by atoms with van der Waals surface area (Å²) in [6.07, 6.45) is 3.57. The van der Waals surface area contributed by atoms with Gasteiger partial charge in [-0.15, -0.1) is 11.3 Å². The molecule has 1 aliphatic heterocycles. The number of carbonyl (C=O) groups excluding carboxylic acids is 1. The van der Waals surface area contributed by atoms with Gasteiger partial charge in [0.05, 0.1) is 5.69 Å². The highest BCUT2D eigenvalue weighted by atomic mass is 32.2. The van der Waals surface area contributed by atoms with Crippen LogP contribution < -0.4 is 4.72 Å². The second-order valence-corrected chi connectivity index (χ2v) is 11.0. The molecule has 0 bridgehead atoms. The first-order valence-electron chi connectivity index (χ1n) is 10.7. The second-order valence-electron chi connectivity index (χ2n) is 8.33. The third-order valence-corrected chi connectivity index (χ3v) is 8.09. The van der Waals surface area contributed by atoms with Gasteiger partial charge in [-0.1, -0.05) is 23.8 Å². The Morgan fingerprint density at radius 3 is 2.59 bits per heavy atom. The Bertz CT molecular complexity index is 1240. The Morgan fingerprint density at radius 2 is 1.91 bits per heavy atom. The molecule has 1 N–H and O–H groups in total. The van der Waals surface area contributed by atoms with Crippen molar-refractivity contribution in [2.24, 2.45) is 0 Å². The van der Waals surface area contributed by atoms with Crippen molar-refractivity contribution in [1.82, 2.24) is 19.2 Å². The maximum Gasteiger partial charge on any atom is 0.242 e. The Morgan fingerprint density at radius 1 is 1.16 bits per heavy atom. The largest absolute Gasteiger partial charge is 0.341 e. The average Bonchev–Trinajstić information content (AvgIpc) is 3.49. The number of nitrogens with one attached hydrogen (secondary N) is 1. The lowest BCUT2D eigenvalue weighted by Gasteiger charge is -2.16. The molecule has 0 spiro atoms. The van der Waals surface area contributed by atoms with E-state index >= 15 is 0 Å². The molecule has 1 fully saturated rings. The number of nitrogens with zero attached hydrogens (tertiary/aromatic N) is 3. The van der Waals surface area contributed by atoms with Crippen LogP contribution in [-0.4, -0.2) is 41.9 Å². The Labute approximate surface area is 193 Å². The molecular formula is C23H28N4O3S2. The van der Waals surface area contributed by atoms with Crippen molar-refractivity contribution in [3.63, 3.8) is 0 Å². The standard InChI is InChI=1S/C23H28N4O3S2/c1-16-6-7-17(2)19(10-16)12-24-32(29,30)20-11-21(23-25-18(3)15-31-23)27(13-20)14-22(28)26-8-4-5-9-26/h6-7,10-11,13,15,24H,4-5,8-9,12,14H2,1-3H3. The van der Waals surface area contributed by atoms with Crippen molar-refractivity contribution in [3.05, 3.63) is 58.2 Å².